The summed E-state index contributed by atoms with van der Waals surface area (Å²) < 4.78 is 0. The van der Waals surface area contributed by atoms with Crippen LogP contribution in [0.3, 0.4) is 0 Å². The molecule has 0 heterocycles. The highest BCUT2D eigenvalue weighted by molar-refractivity contribution is 5.62. The maximum absolute atomic E-state index is 4.03. The van der Waals surface area contributed by atoms with Gasteiger partial charge in [0.1, 0.15) is 0 Å². The van der Waals surface area contributed by atoms with Crippen molar-refractivity contribution in [2.24, 2.45) is 5.41 Å². The molecule has 1 aromatic rings. The highest BCUT2D eigenvalue weighted by atomic mass is 15.1. The van der Waals surface area contributed by atoms with Crippen molar-refractivity contribution in [3.63, 3.8) is 0 Å². The molecular weight excluding hydrogens is 266 g/mol. The molecule has 1 nitrogen and oxygen atoms in total. The first kappa shape index (κ1) is 18.3. The Morgan fingerprint density at radius 3 is 2.59 bits per heavy atom. The molecule has 1 rings (SSSR count). The average Bonchev–Trinajstić information content (AvgIpc) is 2.39. The lowest BCUT2D eigenvalue weighted by molar-refractivity contribution is 0.362. The van der Waals surface area contributed by atoms with E-state index in [0.29, 0.717) is 0 Å². The van der Waals surface area contributed by atoms with Gasteiger partial charge in [-0.05, 0) is 70.5 Å². The zero-order valence-electron chi connectivity index (χ0n) is 15.0. The summed E-state index contributed by atoms with van der Waals surface area (Å²) >= 11 is 0. The van der Waals surface area contributed by atoms with Gasteiger partial charge in [-0.2, -0.15) is 0 Å². The fourth-order valence-electron chi connectivity index (χ4n) is 2.01. The zero-order valence-corrected chi connectivity index (χ0v) is 15.0. The van der Waals surface area contributed by atoms with Gasteiger partial charge in [0.15, 0.2) is 0 Å². The minimum atomic E-state index is 0.0658. The van der Waals surface area contributed by atoms with Crippen molar-refractivity contribution in [1.82, 2.24) is 4.90 Å². The fourth-order valence-corrected chi connectivity index (χ4v) is 2.01. The Balaban J connectivity index is 2.63. The molecule has 0 spiro atoms. The van der Waals surface area contributed by atoms with E-state index in [1.165, 1.54) is 16.7 Å². The third-order valence-electron chi connectivity index (χ3n) is 3.35. The molecule has 0 amide bonds. The SMILES string of the molecule is C=C(C)c1ccc(C)c(CN(C)C/C=C/C#CC(C)(C)C)c1. The van der Waals surface area contributed by atoms with Crippen LogP contribution in [0.25, 0.3) is 5.57 Å². The first-order valence-corrected chi connectivity index (χ1v) is 7.81. The number of likely N-dealkylation sites (N-methyl/N-ethyl adjacent to an activating group) is 1. The molecule has 1 heteroatoms. The number of hydrogen-bond acceptors (Lipinski definition) is 1. The van der Waals surface area contributed by atoms with E-state index in [1.807, 2.05) is 6.08 Å². The molecule has 0 N–H and O–H groups in total. The van der Waals surface area contributed by atoms with E-state index < -0.39 is 0 Å². The van der Waals surface area contributed by atoms with Gasteiger partial charge in [0, 0.05) is 18.5 Å². The first-order chi connectivity index (χ1) is 10.2. The van der Waals surface area contributed by atoms with E-state index in [-0.39, 0.29) is 5.41 Å². The Kier molecular flexibility index (Phi) is 6.65. The molecule has 0 bridgehead atoms. The lowest BCUT2D eigenvalue weighted by atomic mass is 9.98. The van der Waals surface area contributed by atoms with Gasteiger partial charge in [0.2, 0.25) is 0 Å². The summed E-state index contributed by atoms with van der Waals surface area (Å²) in [6.45, 7) is 16.4. The van der Waals surface area contributed by atoms with Gasteiger partial charge in [0.25, 0.3) is 0 Å². The molecule has 0 radical (unpaired) electrons. The number of nitrogens with zero attached hydrogens (tertiary/aromatic N) is 1. The monoisotopic (exact) mass is 295 g/mol. The summed E-state index contributed by atoms with van der Waals surface area (Å²) in [6.07, 6.45) is 4.08. The van der Waals surface area contributed by atoms with E-state index in [2.05, 4.69) is 89.3 Å². The largest absolute Gasteiger partial charge is 0.298 e. The van der Waals surface area contributed by atoms with Crippen molar-refractivity contribution >= 4 is 5.57 Å². The van der Waals surface area contributed by atoms with Crippen molar-refractivity contribution in [3.05, 3.63) is 53.6 Å². The lowest BCUT2D eigenvalue weighted by Crippen LogP contribution is -2.18. The van der Waals surface area contributed by atoms with Crippen LogP contribution in [0.4, 0.5) is 0 Å². The van der Waals surface area contributed by atoms with E-state index in [0.717, 1.165) is 18.7 Å². The molecule has 1 aromatic carbocycles. The molecule has 0 aromatic heterocycles. The van der Waals surface area contributed by atoms with Gasteiger partial charge < -0.3 is 0 Å². The van der Waals surface area contributed by atoms with Crippen LogP contribution in [0.5, 0.6) is 0 Å². The Morgan fingerprint density at radius 2 is 2.00 bits per heavy atom. The summed E-state index contributed by atoms with van der Waals surface area (Å²) in [5.41, 5.74) is 5.09. The van der Waals surface area contributed by atoms with Gasteiger partial charge in [-0.15, -0.1) is 0 Å². The highest BCUT2D eigenvalue weighted by Gasteiger charge is 2.04. The van der Waals surface area contributed by atoms with E-state index in [1.54, 1.807) is 0 Å². The van der Waals surface area contributed by atoms with Crippen LogP contribution in [0.15, 0.2) is 36.9 Å². The minimum absolute atomic E-state index is 0.0658. The standard InChI is InChI=1S/C21H29N/c1-17(2)19-12-11-18(3)20(15-19)16-22(7)14-10-8-9-13-21(4,5)6/h8,10-12,15H,1,14,16H2,2-7H3/b10-8+. The Hall–Kier alpha value is -1.78. The van der Waals surface area contributed by atoms with Crippen molar-refractivity contribution < 1.29 is 0 Å². The van der Waals surface area contributed by atoms with Crippen LogP contribution in [0.1, 0.15) is 44.4 Å². The van der Waals surface area contributed by atoms with E-state index in [9.17, 15) is 0 Å². The second-order valence-corrected chi connectivity index (χ2v) is 7.04. The van der Waals surface area contributed by atoms with Gasteiger partial charge in [-0.25, -0.2) is 0 Å². The Bertz CT molecular complexity index is 603. The van der Waals surface area contributed by atoms with Crippen LogP contribution in [0.2, 0.25) is 0 Å². The fraction of sp³-hybridized carbons (Fsp3) is 0.429. The summed E-state index contributed by atoms with van der Waals surface area (Å²) in [5, 5.41) is 0. The molecule has 0 aliphatic carbocycles. The predicted molar refractivity (Wildman–Crippen MR) is 98.6 cm³/mol. The topological polar surface area (TPSA) is 3.24 Å². The number of aryl methyl sites for hydroxylation is 1. The van der Waals surface area contributed by atoms with Crippen molar-refractivity contribution in [2.75, 3.05) is 13.6 Å². The maximum Gasteiger partial charge on any atom is 0.0236 e. The third kappa shape index (κ3) is 6.78. The van der Waals surface area contributed by atoms with E-state index >= 15 is 0 Å². The Labute approximate surface area is 136 Å². The van der Waals surface area contributed by atoms with Crippen LogP contribution in [-0.2, 0) is 6.54 Å². The van der Waals surface area contributed by atoms with Crippen LogP contribution in [0, 0.1) is 24.2 Å². The molecule has 118 valence electrons. The maximum atomic E-state index is 4.03. The van der Waals surface area contributed by atoms with Gasteiger partial charge in [0.05, 0.1) is 0 Å². The quantitative estimate of drug-likeness (QED) is 0.686. The molecule has 0 saturated carbocycles. The zero-order chi connectivity index (χ0) is 16.8. The molecule has 0 atom stereocenters. The van der Waals surface area contributed by atoms with Crippen molar-refractivity contribution in [2.45, 2.75) is 41.2 Å². The minimum Gasteiger partial charge on any atom is -0.298 e. The van der Waals surface area contributed by atoms with Gasteiger partial charge >= 0.3 is 0 Å². The smallest absolute Gasteiger partial charge is 0.0236 e. The number of rotatable bonds is 5. The molecule has 0 saturated heterocycles. The van der Waals surface area contributed by atoms with E-state index in [4.69, 9.17) is 0 Å². The van der Waals surface area contributed by atoms with Crippen molar-refractivity contribution in [3.8, 4) is 11.8 Å². The summed E-state index contributed by atoms with van der Waals surface area (Å²) in [5.74, 6) is 6.32. The predicted octanol–water partition coefficient (Wildman–Crippen LogP) is 5.07. The summed E-state index contributed by atoms with van der Waals surface area (Å²) in [4.78, 5) is 2.29. The molecule has 0 unspecified atom stereocenters. The lowest BCUT2D eigenvalue weighted by Gasteiger charge is -2.17. The third-order valence-corrected chi connectivity index (χ3v) is 3.35. The van der Waals surface area contributed by atoms with Crippen LogP contribution < -0.4 is 0 Å². The highest BCUT2D eigenvalue weighted by Crippen LogP contribution is 2.18. The molecular formula is C21H29N. The molecule has 0 fully saturated rings. The second-order valence-electron chi connectivity index (χ2n) is 7.04. The van der Waals surface area contributed by atoms with Crippen LogP contribution >= 0.6 is 0 Å². The Morgan fingerprint density at radius 1 is 1.32 bits per heavy atom. The van der Waals surface area contributed by atoms with Crippen molar-refractivity contribution in [1.29, 1.82) is 0 Å². The normalized spacial score (nSPS) is 11.6. The summed E-state index contributed by atoms with van der Waals surface area (Å²) in [6, 6.07) is 6.57. The molecule has 0 aliphatic rings. The number of allylic oxidation sites excluding steroid dienone is 2. The molecule has 22 heavy (non-hydrogen) atoms. The average molecular weight is 295 g/mol. The second kappa shape index (κ2) is 8.01. The van der Waals surface area contributed by atoms with Crippen LogP contribution in [-0.4, -0.2) is 18.5 Å². The molecule has 0 aliphatic heterocycles. The van der Waals surface area contributed by atoms with Gasteiger partial charge in [-0.1, -0.05) is 42.2 Å². The first-order valence-electron chi connectivity index (χ1n) is 7.81. The number of hydrogen-bond donors (Lipinski definition) is 0. The van der Waals surface area contributed by atoms with Gasteiger partial charge in [-0.3, -0.25) is 4.90 Å². The summed E-state index contributed by atoms with van der Waals surface area (Å²) in [7, 11) is 2.13. The number of benzene rings is 1.